The third-order valence-corrected chi connectivity index (χ3v) is 8.24. The third-order valence-electron chi connectivity index (χ3n) is 6.72. The Balaban J connectivity index is 1.78. The average Bonchev–Trinajstić information content (AvgIpc) is 2.83. The van der Waals surface area contributed by atoms with Gasteiger partial charge in [-0.1, -0.05) is 19.1 Å². The summed E-state index contributed by atoms with van der Waals surface area (Å²) in [6.07, 6.45) is 3.38. The number of nitrogens with one attached hydrogen (secondary N) is 2. The molecule has 3 rings (SSSR count). The first-order valence-corrected chi connectivity index (χ1v) is 14.7. The van der Waals surface area contributed by atoms with Crippen LogP contribution in [0.1, 0.15) is 58.9 Å². The SMILES string of the molecule is CC1CNc2c(cccc2S(=O)(=O)N[C@@H](CCCN=C(N)N)C(=O)N2CCC[C@H](COC(C)(C)C)C2)C1. The summed E-state index contributed by atoms with van der Waals surface area (Å²) >= 11 is 0. The number of para-hydroxylation sites is 1. The summed E-state index contributed by atoms with van der Waals surface area (Å²) < 4.78 is 35.9. The van der Waals surface area contributed by atoms with E-state index in [9.17, 15) is 13.2 Å². The van der Waals surface area contributed by atoms with E-state index in [0.29, 0.717) is 50.8 Å². The molecule has 0 aliphatic carbocycles. The van der Waals surface area contributed by atoms with Crippen LogP contribution in [-0.4, -0.2) is 69.6 Å². The Labute approximate surface area is 221 Å². The molecule has 37 heavy (non-hydrogen) atoms. The van der Waals surface area contributed by atoms with E-state index in [1.54, 1.807) is 17.0 Å². The van der Waals surface area contributed by atoms with Gasteiger partial charge >= 0.3 is 0 Å². The summed E-state index contributed by atoms with van der Waals surface area (Å²) in [5, 5.41) is 3.28. The maximum atomic E-state index is 13.7. The minimum absolute atomic E-state index is 0.0302. The minimum Gasteiger partial charge on any atom is -0.383 e. The first-order chi connectivity index (χ1) is 17.4. The van der Waals surface area contributed by atoms with Crippen LogP contribution in [-0.2, 0) is 26.0 Å². The summed E-state index contributed by atoms with van der Waals surface area (Å²) in [5.41, 5.74) is 12.2. The second-order valence-electron chi connectivity index (χ2n) is 11.3. The van der Waals surface area contributed by atoms with Gasteiger partial charge < -0.3 is 26.4 Å². The highest BCUT2D eigenvalue weighted by atomic mass is 32.2. The first kappa shape index (κ1) is 29.2. The first-order valence-electron chi connectivity index (χ1n) is 13.2. The van der Waals surface area contributed by atoms with Crippen LogP contribution in [0.3, 0.4) is 0 Å². The van der Waals surface area contributed by atoms with Gasteiger partial charge in [-0.25, -0.2) is 8.42 Å². The lowest BCUT2D eigenvalue weighted by Crippen LogP contribution is -2.52. The number of hydrogen-bond donors (Lipinski definition) is 4. The van der Waals surface area contributed by atoms with Crippen molar-refractivity contribution in [3.8, 4) is 0 Å². The highest BCUT2D eigenvalue weighted by molar-refractivity contribution is 7.89. The molecule has 0 bridgehead atoms. The predicted octanol–water partition coefficient (Wildman–Crippen LogP) is 2.04. The van der Waals surface area contributed by atoms with Gasteiger partial charge in [0, 0.05) is 26.2 Å². The Kier molecular flexibility index (Phi) is 9.82. The molecule has 3 atom stereocenters. The summed E-state index contributed by atoms with van der Waals surface area (Å²) in [7, 11) is -3.97. The molecule has 11 heteroatoms. The van der Waals surface area contributed by atoms with Gasteiger partial charge in [0.15, 0.2) is 5.96 Å². The van der Waals surface area contributed by atoms with Gasteiger partial charge in [0.25, 0.3) is 0 Å². The molecule has 10 nitrogen and oxygen atoms in total. The molecule has 2 heterocycles. The molecule has 2 aliphatic rings. The van der Waals surface area contributed by atoms with E-state index in [1.165, 1.54) is 0 Å². The van der Waals surface area contributed by atoms with Gasteiger partial charge in [-0.2, -0.15) is 4.72 Å². The summed E-state index contributed by atoms with van der Waals surface area (Å²) in [6.45, 7) is 10.9. The van der Waals surface area contributed by atoms with Crippen molar-refractivity contribution in [3.05, 3.63) is 23.8 Å². The lowest BCUT2D eigenvalue weighted by atomic mass is 9.96. The topological polar surface area (TPSA) is 152 Å². The second-order valence-corrected chi connectivity index (χ2v) is 13.0. The number of anilines is 1. The molecule has 1 amide bonds. The van der Waals surface area contributed by atoms with Crippen molar-refractivity contribution in [1.29, 1.82) is 0 Å². The van der Waals surface area contributed by atoms with Crippen molar-refractivity contribution >= 4 is 27.6 Å². The molecule has 0 radical (unpaired) electrons. The van der Waals surface area contributed by atoms with E-state index in [1.807, 2.05) is 26.8 Å². The molecular weight excluding hydrogens is 492 g/mol. The molecule has 208 valence electrons. The van der Waals surface area contributed by atoms with Gasteiger partial charge in [0.05, 0.1) is 17.9 Å². The Bertz CT molecular complexity index is 1070. The van der Waals surface area contributed by atoms with Crippen molar-refractivity contribution in [2.75, 3.05) is 38.1 Å². The van der Waals surface area contributed by atoms with Crippen LogP contribution in [0.5, 0.6) is 0 Å². The summed E-state index contributed by atoms with van der Waals surface area (Å²) in [5.74, 6) is 0.373. The molecule has 1 aromatic rings. The van der Waals surface area contributed by atoms with E-state index in [2.05, 4.69) is 22.0 Å². The zero-order chi connectivity index (χ0) is 27.2. The number of nitrogens with two attached hydrogens (primary N) is 2. The molecule has 2 aliphatic heterocycles. The molecule has 1 saturated heterocycles. The van der Waals surface area contributed by atoms with Crippen LogP contribution in [0.25, 0.3) is 0 Å². The van der Waals surface area contributed by atoms with Crippen LogP contribution < -0.4 is 21.5 Å². The number of amides is 1. The normalized spacial score (nSPS) is 21.0. The van der Waals surface area contributed by atoms with Gasteiger partial charge in [0.1, 0.15) is 10.9 Å². The van der Waals surface area contributed by atoms with Crippen LogP contribution in [0.4, 0.5) is 5.69 Å². The molecule has 0 spiro atoms. The van der Waals surface area contributed by atoms with Gasteiger partial charge in [-0.15, -0.1) is 0 Å². The maximum absolute atomic E-state index is 13.7. The molecular formula is C26H44N6O4S. The Hall–Kier alpha value is -2.37. The lowest BCUT2D eigenvalue weighted by molar-refractivity contribution is -0.136. The standard InChI is InChI=1S/C26H44N6O4S/c1-18-14-20-9-5-11-22(23(20)30-15-18)37(34,35)31-21(10-6-12-29-25(27)28)24(33)32-13-7-8-19(16-32)17-36-26(2,3)4/h5,9,11,18-19,21,30-31H,6-8,10,12-17H2,1-4H3,(H4,27,28,29)/t18?,19-,21-/m0/s1. The number of carbonyl (C=O) groups excluding carboxylic acids is 1. The smallest absolute Gasteiger partial charge is 0.243 e. The fourth-order valence-electron chi connectivity index (χ4n) is 4.87. The predicted molar refractivity (Wildman–Crippen MR) is 147 cm³/mol. The van der Waals surface area contributed by atoms with Crippen molar-refractivity contribution in [2.45, 2.75) is 76.3 Å². The fraction of sp³-hybridized carbons (Fsp3) is 0.692. The van der Waals surface area contributed by atoms with E-state index in [4.69, 9.17) is 16.2 Å². The number of benzene rings is 1. The maximum Gasteiger partial charge on any atom is 0.243 e. The van der Waals surface area contributed by atoms with Crippen LogP contribution >= 0.6 is 0 Å². The monoisotopic (exact) mass is 536 g/mol. The number of piperidine rings is 1. The number of ether oxygens (including phenoxy) is 1. The van der Waals surface area contributed by atoms with Gasteiger partial charge in [0.2, 0.25) is 15.9 Å². The number of rotatable bonds is 10. The van der Waals surface area contributed by atoms with Gasteiger partial charge in [-0.05, 0) is 76.3 Å². The van der Waals surface area contributed by atoms with Crippen molar-refractivity contribution in [2.24, 2.45) is 28.3 Å². The number of aliphatic imine (C=N–C) groups is 1. The zero-order valence-corrected chi connectivity index (χ0v) is 23.4. The van der Waals surface area contributed by atoms with E-state index >= 15 is 0 Å². The van der Waals surface area contributed by atoms with Crippen LogP contribution in [0.2, 0.25) is 0 Å². The number of likely N-dealkylation sites (tertiary alicyclic amines) is 1. The van der Waals surface area contributed by atoms with Gasteiger partial charge in [-0.3, -0.25) is 9.79 Å². The number of nitrogens with zero attached hydrogens (tertiary/aromatic N) is 2. The molecule has 0 aromatic heterocycles. The zero-order valence-electron chi connectivity index (χ0n) is 22.6. The summed E-state index contributed by atoms with van der Waals surface area (Å²) in [6, 6.07) is 4.38. The van der Waals surface area contributed by atoms with Crippen molar-refractivity contribution in [1.82, 2.24) is 9.62 Å². The van der Waals surface area contributed by atoms with Crippen LogP contribution in [0.15, 0.2) is 28.1 Å². The van der Waals surface area contributed by atoms with Crippen molar-refractivity contribution < 1.29 is 17.9 Å². The molecule has 1 fully saturated rings. The minimum atomic E-state index is -3.97. The average molecular weight is 537 g/mol. The quantitative estimate of drug-likeness (QED) is 0.203. The number of fused-ring (bicyclic) bond motifs is 1. The van der Waals surface area contributed by atoms with E-state index in [-0.39, 0.29) is 34.7 Å². The Morgan fingerprint density at radius 1 is 1.32 bits per heavy atom. The number of sulfonamides is 1. The number of guanidine groups is 1. The van der Waals surface area contributed by atoms with E-state index in [0.717, 1.165) is 24.8 Å². The number of hydrogen-bond acceptors (Lipinski definition) is 6. The summed E-state index contributed by atoms with van der Waals surface area (Å²) in [4.78, 5) is 19.6. The fourth-order valence-corrected chi connectivity index (χ4v) is 6.32. The second kappa shape index (κ2) is 12.4. The van der Waals surface area contributed by atoms with E-state index < -0.39 is 16.1 Å². The Morgan fingerprint density at radius 2 is 2.08 bits per heavy atom. The highest BCUT2D eigenvalue weighted by Gasteiger charge is 2.34. The molecule has 1 unspecified atom stereocenters. The van der Waals surface area contributed by atoms with Crippen molar-refractivity contribution in [3.63, 3.8) is 0 Å². The number of carbonyl (C=O) groups is 1. The molecule has 1 aromatic carbocycles. The molecule has 6 N–H and O–H groups in total. The lowest BCUT2D eigenvalue weighted by Gasteiger charge is -2.36. The van der Waals surface area contributed by atoms with Crippen LogP contribution in [0, 0.1) is 11.8 Å². The molecule has 0 saturated carbocycles. The highest BCUT2D eigenvalue weighted by Crippen LogP contribution is 2.31. The Morgan fingerprint density at radius 3 is 2.78 bits per heavy atom. The largest absolute Gasteiger partial charge is 0.383 e. The third kappa shape index (κ3) is 8.58.